The van der Waals surface area contributed by atoms with Gasteiger partial charge in [0.05, 0.1) is 18.3 Å². The van der Waals surface area contributed by atoms with Crippen molar-refractivity contribution in [2.45, 2.75) is 12.1 Å². The Morgan fingerprint density at radius 2 is 1.96 bits per heavy atom. The van der Waals surface area contributed by atoms with Crippen LogP contribution in [-0.2, 0) is 0 Å². The fourth-order valence-corrected chi connectivity index (χ4v) is 3.94. The minimum Gasteiger partial charge on any atom is -0.459 e. The summed E-state index contributed by atoms with van der Waals surface area (Å²) in [6.07, 6.45) is 1.77. The summed E-state index contributed by atoms with van der Waals surface area (Å²) in [4.78, 5) is 6.44. The normalized spacial score (nSPS) is 19.3. The summed E-state index contributed by atoms with van der Waals surface area (Å²) in [5, 5.41) is 13.4. The van der Waals surface area contributed by atoms with Crippen LogP contribution in [0.5, 0.6) is 0 Å². The van der Waals surface area contributed by atoms with Crippen LogP contribution in [0.4, 0.5) is 0 Å². The maximum atomic E-state index is 9.50. The summed E-state index contributed by atoms with van der Waals surface area (Å²) in [6.45, 7) is 0.432. The molecule has 2 atom stereocenters. The van der Waals surface area contributed by atoms with Crippen LogP contribution in [0.25, 0.3) is 11.3 Å². The first-order chi connectivity index (χ1) is 13.2. The Labute approximate surface area is 171 Å². The van der Waals surface area contributed by atoms with Gasteiger partial charge in [0.25, 0.3) is 0 Å². The van der Waals surface area contributed by atoms with Gasteiger partial charge in [-0.1, -0.05) is 34.1 Å². The lowest BCUT2D eigenvalue weighted by atomic mass is 10.0. The lowest BCUT2D eigenvalue weighted by molar-refractivity contribution is 0.209. The number of nitrogens with zero attached hydrogens (tertiary/aromatic N) is 2. The van der Waals surface area contributed by atoms with E-state index in [1.807, 2.05) is 59.5 Å². The maximum absolute atomic E-state index is 9.50. The number of thiocarbonyl (C=S) groups is 1. The molecule has 1 fully saturated rings. The Bertz CT molecular complexity index is 930. The van der Waals surface area contributed by atoms with Crippen LogP contribution in [0.2, 0.25) is 0 Å². The van der Waals surface area contributed by atoms with Crippen molar-refractivity contribution < 1.29 is 9.52 Å². The second-order valence-corrected chi connectivity index (χ2v) is 7.55. The van der Waals surface area contributed by atoms with Crippen LogP contribution in [0.1, 0.15) is 23.5 Å². The number of furan rings is 1. The fourth-order valence-electron chi connectivity index (χ4n) is 3.34. The Kier molecular flexibility index (Phi) is 5.24. The Morgan fingerprint density at radius 1 is 1.15 bits per heavy atom. The van der Waals surface area contributed by atoms with E-state index in [0.717, 1.165) is 27.3 Å². The minimum absolute atomic E-state index is 0.00748. The number of aromatic nitrogens is 1. The molecule has 5 nitrogen and oxygen atoms in total. The van der Waals surface area contributed by atoms with Gasteiger partial charge in [0.1, 0.15) is 17.6 Å². The van der Waals surface area contributed by atoms with Gasteiger partial charge in [-0.2, -0.15) is 0 Å². The lowest BCUT2D eigenvalue weighted by Crippen LogP contribution is -2.32. The minimum atomic E-state index is -0.177. The molecule has 0 saturated carbocycles. The van der Waals surface area contributed by atoms with E-state index in [-0.39, 0.29) is 18.7 Å². The molecule has 7 heteroatoms. The monoisotopic (exact) mass is 443 g/mol. The third kappa shape index (κ3) is 3.63. The molecule has 1 aliphatic rings. The predicted octanol–water partition coefficient (Wildman–Crippen LogP) is 4.07. The SMILES string of the molecule is OCCN1C(=S)N[C@H](c2ccccn2)[C@@H]1c1ccc(-c2ccc(Br)cc2)o1. The van der Waals surface area contributed by atoms with Crippen molar-refractivity contribution in [2.75, 3.05) is 13.2 Å². The molecule has 0 aliphatic carbocycles. The van der Waals surface area contributed by atoms with Crippen LogP contribution in [0.15, 0.2) is 69.7 Å². The zero-order valence-electron chi connectivity index (χ0n) is 14.4. The van der Waals surface area contributed by atoms with Gasteiger partial charge in [-0.25, -0.2) is 0 Å². The number of aliphatic hydroxyl groups is 1. The van der Waals surface area contributed by atoms with Crippen LogP contribution >= 0.6 is 28.1 Å². The van der Waals surface area contributed by atoms with Gasteiger partial charge in [-0.05, 0) is 48.6 Å². The molecule has 0 unspecified atom stereocenters. The smallest absolute Gasteiger partial charge is 0.170 e. The molecule has 0 amide bonds. The van der Waals surface area contributed by atoms with E-state index in [9.17, 15) is 5.11 Å². The van der Waals surface area contributed by atoms with E-state index < -0.39 is 0 Å². The van der Waals surface area contributed by atoms with Crippen molar-refractivity contribution in [3.63, 3.8) is 0 Å². The highest BCUT2D eigenvalue weighted by atomic mass is 79.9. The number of hydrogen-bond acceptors (Lipinski definition) is 4. The van der Waals surface area contributed by atoms with Crippen LogP contribution in [0.3, 0.4) is 0 Å². The zero-order valence-corrected chi connectivity index (χ0v) is 16.8. The van der Waals surface area contributed by atoms with Gasteiger partial charge in [-0.15, -0.1) is 0 Å². The summed E-state index contributed by atoms with van der Waals surface area (Å²) >= 11 is 8.96. The molecular weight excluding hydrogens is 426 g/mol. The van der Waals surface area contributed by atoms with Gasteiger partial charge in [0.2, 0.25) is 0 Å². The molecule has 1 saturated heterocycles. The Balaban J connectivity index is 1.71. The highest BCUT2D eigenvalue weighted by Crippen LogP contribution is 2.40. The largest absolute Gasteiger partial charge is 0.459 e. The third-order valence-corrected chi connectivity index (χ3v) is 5.47. The molecule has 27 heavy (non-hydrogen) atoms. The zero-order chi connectivity index (χ0) is 18.8. The lowest BCUT2D eigenvalue weighted by Gasteiger charge is -2.25. The fraction of sp³-hybridized carbons (Fsp3) is 0.200. The highest BCUT2D eigenvalue weighted by molar-refractivity contribution is 9.10. The second-order valence-electron chi connectivity index (χ2n) is 6.25. The molecule has 138 valence electrons. The number of halogens is 1. The van der Waals surface area contributed by atoms with Crippen molar-refractivity contribution in [3.8, 4) is 11.3 Å². The number of hydrogen-bond donors (Lipinski definition) is 2. The van der Waals surface area contributed by atoms with Crippen LogP contribution in [0, 0.1) is 0 Å². The van der Waals surface area contributed by atoms with Crippen molar-refractivity contribution in [1.82, 2.24) is 15.2 Å². The van der Waals surface area contributed by atoms with Gasteiger partial charge >= 0.3 is 0 Å². The summed E-state index contributed by atoms with van der Waals surface area (Å²) < 4.78 is 7.23. The number of pyridine rings is 1. The topological polar surface area (TPSA) is 61.5 Å². The summed E-state index contributed by atoms with van der Waals surface area (Å²) in [7, 11) is 0. The van der Waals surface area contributed by atoms with Gasteiger partial charge in [-0.3, -0.25) is 4.98 Å². The van der Waals surface area contributed by atoms with Crippen molar-refractivity contribution in [1.29, 1.82) is 0 Å². The molecule has 3 aromatic rings. The average Bonchev–Trinajstić information content (AvgIpc) is 3.29. The molecule has 2 N–H and O–H groups in total. The first-order valence-electron chi connectivity index (χ1n) is 8.62. The molecule has 0 bridgehead atoms. The van der Waals surface area contributed by atoms with E-state index >= 15 is 0 Å². The van der Waals surface area contributed by atoms with Crippen LogP contribution in [-0.4, -0.2) is 33.3 Å². The van der Waals surface area contributed by atoms with Crippen molar-refractivity contribution in [2.24, 2.45) is 0 Å². The van der Waals surface area contributed by atoms with E-state index in [2.05, 4.69) is 26.2 Å². The van der Waals surface area contributed by atoms with Gasteiger partial charge in [0, 0.05) is 22.8 Å². The third-order valence-electron chi connectivity index (χ3n) is 4.59. The van der Waals surface area contributed by atoms with E-state index in [1.54, 1.807) is 6.20 Å². The second kappa shape index (κ2) is 7.80. The van der Waals surface area contributed by atoms with Crippen molar-refractivity contribution >= 4 is 33.3 Å². The summed E-state index contributed by atoms with van der Waals surface area (Å²) in [5.41, 5.74) is 1.88. The molecular formula is C20H18BrN3O2S. The van der Waals surface area contributed by atoms with Crippen molar-refractivity contribution in [3.05, 3.63) is 76.7 Å². The van der Waals surface area contributed by atoms with Gasteiger partial charge < -0.3 is 19.7 Å². The molecule has 3 heterocycles. The number of β-amino-alcohol motifs (C(OH)–C–C–N with tert-alkyl or cyclic N) is 1. The molecule has 0 radical (unpaired) electrons. The molecule has 4 rings (SSSR count). The average molecular weight is 444 g/mol. The first kappa shape index (κ1) is 18.2. The number of rotatable bonds is 5. The summed E-state index contributed by atoms with van der Waals surface area (Å²) in [6, 6.07) is 17.4. The van der Waals surface area contributed by atoms with Gasteiger partial charge in [0.15, 0.2) is 5.11 Å². The quantitative estimate of drug-likeness (QED) is 0.579. The first-order valence-corrected chi connectivity index (χ1v) is 9.82. The standard InChI is InChI=1S/C20H18BrN3O2S/c21-14-6-4-13(5-7-14)16-8-9-17(26-16)19-18(15-3-1-2-10-22-15)23-20(27)24(19)11-12-25/h1-10,18-19,25H,11-12H2,(H,23,27)/t18-,19+/m1/s1. The molecule has 0 spiro atoms. The van der Waals surface area contributed by atoms with E-state index in [1.165, 1.54) is 0 Å². The molecule has 1 aliphatic heterocycles. The number of benzene rings is 1. The summed E-state index contributed by atoms with van der Waals surface area (Å²) in [5.74, 6) is 1.57. The van der Waals surface area contributed by atoms with E-state index in [4.69, 9.17) is 16.6 Å². The Morgan fingerprint density at radius 3 is 2.67 bits per heavy atom. The molecule has 2 aromatic heterocycles. The maximum Gasteiger partial charge on any atom is 0.170 e. The number of aliphatic hydroxyl groups excluding tert-OH is 1. The number of nitrogens with one attached hydrogen (secondary N) is 1. The van der Waals surface area contributed by atoms with E-state index in [0.29, 0.717) is 11.7 Å². The van der Waals surface area contributed by atoms with Crippen LogP contribution < -0.4 is 5.32 Å². The predicted molar refractivity (Wildman–Crippen MR) is 111 cm³/mol. The highest BCUT2D eigenvalue weighted by Gasteiger charge is 2.41. The Hall–Kier alpha value is -2.22. The molecule has 1 aromatic carbocycles.